The highest BCUT2D eigenvalue weighted by atomic mass is 32.2. The molecular formula is C10H15N3O2S. The van der Waals surface area contributed by atoms with Crippen LogP contribution in [0, 0.1) is 0 Å². The number of anilines is 1. The van der Waals surface area contributed by atoms with Crippen LogP contribution in [0.5, 0.6) is 0 Å². The van der Waals surface area contributed by atoms with Crippen LogP contribution in [0.1, 0.15) is 12.6 Å². The van der Waals surface area contributed by atoms with E-state index in [0.29, 0.717) is 13.1 Å². The molecule has 1 aromatic heterocycles. The Morgan fingerprint density at radius 2 is 2.00 bits per heavy atom. The second-order valence-electron chi connectivity index (χ2n) is 3.86. The van der Waals surface area contributed by atoms with Gasteiger partial charge < -0.3 is 4.90 Å². The van der Waals surface area contributed by atoms with Crippen LogP contribution in [0.15, 0.2) is 12.4 Å². The van der Waals surface area contributed by atoms with E-state index in [-0.39, 0.29) is 11.5 Å². The van der Waals surface area contributed by atoms with Gasteiger partial charge in [-0.3, -0.25) is 0 Å². The van der Waals surface area contributed by atoms with Gasteiger partial charge in [0.05, 0.1) is 11.5 Å². The van der Waals surface area contributed by atoms with Gasteiger partial charge in [0.25, 0.3) is 0 Å². The zero-order valence-corrected chi connectivity index (χ0v) is 10.1. The van der Waals surface area contributed by atoms with E-state index < -0.39 is 9.84 Å². The summed E-state index contributed by atoms with van der Waals surface area (Å²) in [6.07, 6.45) is 2.40. The monoisotopic (exact) mass is 241 g/mol. The van der Waals surface area contributed by atoms with Crippen molar-refractivity contribution in [3.8, 4) is 0 Å². The van der Waals surface area contributed by atoms with Crippen LogP contribution in [0.3, 0.4) is 0 Å². The van der Waals surface area contributed by atoms with Gasteiger partial charge in [-0.2, -0.15) is 0 Å². The number of aromatic nitrogens is 2. The topological polar surface area (TPSA) is 63.2 Å². The molecule has 0 atom stereocenters. The van der Waals surface area contributed by atoms with Gasteiger partial charge in [-0.05, 0) is 6.42 Å². The van der Waals surface area contributed by atoms with E-state index in [1.807, 2.05) is 17.9 Å². The van der Waals surface area contributed by atoms with Gasteiger partial charge >= 0.3 is 0 Å². The Bertz CT molecular complexity index is 459. The summed E-state index contributed by atoms with van der Waals surface area (Å²) in [6.45, 7) is 3.10. The van der Waals surface area contributed by atoms with Crippen LogP contribution >= 0.6 is 0 Å². The van der Waals surface area contributed by atoms with Crippen molar-refractivity contribution in [2.75, 3.05) is 29.5 Å². The van der Waals surface area contributed by atoms with E-state index >= 15 is 0 Å². The molecule has 16 heavy (non-hydrogen) atoms. The third-order valence-corrected chi connectivity index (χ3v) is 4.35. The molecule has 1 aliphatic rings. The maximum Gasteiger partial charge on any atom is 0.153 e. The van der Waals surface area contributed by atoms with Gasteiger partial charge in [0.2, 0.25) is 0 Å². The minimum absolute atomic E-state index is 0.221. The first kappa shape index (κ1) is 11.3. The van der Waals surface area contributed by atoms with Crippen molar-refractivity contribution in [3.05, 3.63) is 18.1 Å². The van der Waals surface area contributed by atoms with E-state index in [1.54, 1.807) is 0 Å². The molecule has 5 nitrogen and oxygen atoms in total. The second-order valence-corrected chi connectivity index (χ2v) is 6.16. The van der Waals surface area contributed by atoms with Crippen molar-refractivity contribution in [2.45, 2.75) is 13.3 Å². The summed E-state index contributed by atoms with van der Waals surface area (Å²) < 4.78 is 22.6. The molecule has 1 fully saturated rings. The minimum atomic E-state index is -2.82. The van der Waals surface area contributed by atoms with Crippen molar-refractivity contribution in [2.24, 2.45) is 0 Å². The standard InChI is InChI=1S/C10H15N3O2S/c1-2-9-7-10(12-8-11-9)13-3-5-16(14,15)6-4-13/h7-8H,2-6H2,1H3. The SMILES string of the molecule is CCc1cc(N2CCS(=O)(=O)CC2)ncn1. The van der Waals surface area contributed by atoms with E-state index in [2.05, 4.69) is 9.97 Å². The van der Waals surface area contributed by atoms with E-state index in [0.717, 1.165) is 17.9 Å². The lowest BCUT2D eigenvalue weighted by atomic mass is 10.3. The van der Waals surface area contributed by atoms with Crippen molar-refractivity contribution in [1.82, 2.24) is 9.97 Å². The smallest absolute Gasteiger partial charge is 0.153 e. The molecule has 2 rings (SSSR count). The fourth-order valence-electron chi connectivity index (χ4n) is 1.69. The predicted molar refractivity (Wildman–Crippen MR) is 62.3 cm³/mol. The predicted octanol–water partition coefficient (Wildman–Crippen LogP) is 0.274. The Morgan fingerprint density at radius 1 is 1.31 bits per heavy atom. The van der Waals surface area contributed by atoms with E-state index in [1.165, 1.54) is 6.33 Å². The van der Waals surface area contributed by atoms with Crippen LogP contribution in [0.4, 0.5) is 5.82 Å². The first-order valence-electron chi connectivity index (χ1n) is 5.37. The molecular weight excluding hydrogens is 226 g/mol. The first-order valence-corrected chi connectivity index (χ1v) is 7.19. The maximum atomic E-state index is 11.3. The summed E-state index contributed by atoms with van der Waals surface area (Å²) in [4.78, 5) is 10.3. The molecule has 0 unspecified atom stereocenters. The van der Waals surface area contributed by atoms with Crippen molar-refractivity contribution in [1.29, 1.82) is 0 Å². The van der Waals surface area contributed by atoms with Crippen molar-refractivity contribution in [3.63, 3.8) is 0 Å². The van der Waals surface area contributed by atoms with Crippen molar-refractivity contribution >= 4 is 15.7 Å². The lowest BCUT2D eigenvalue weighted by Gasteiger charge is -2.27. The molecule has 0 amide bonds. The number of sulfone groups is 1. The van der Waals surface area contributed by atoms with Crippen LogP contribution in [0.25, 0.3) is 0 Å². The molecule has 0 aliphatic carbocycles. The second kappa shape index (κ2) is 4.37. The quantitative estimate of drug-likeness (QED) is 0.744. The van der Waals surface area contributed by atoms with Crippen LogP contribution in [-0.4, -0.2) is 43.0 Å². The molecule has 0 aromatic carbocycles. The maximum absolute atomic E-state index is 11.3. The Kier molecular flexibility index (Phi) is 3.09. The Labute approximate surface area is 95.4 Å². The van der Waals surface area contributed by atoms with Gasteiger partial charge in [0.1, 0.15) is 12.1 Å². The third kappa shape index (κ3) is 2.49. The number of hydrogen-bond donors (Lipinski definition) is 0. The lowest BCUT2D eigenvalue weighted by Crippen LogP contribution is -2.40. The first-order chi connectivity index (χ1) is 7.61. The molecule has 6 heteroatoms. The largest absolute Gasteiger partial charge is 0.354 e. The molecule has 1 aromatic rings. The Hall–Kier alpha value is -1.17. The summed E-state index contributed by atoms with van der Waals surface area (Å²) in [5.74, 6) is 1.28. The fourth-order valence-corrected chi connectivity index (χ4v) is 2.89. The molecule has 88 valence electrons. The third-order valence-electron chi connectivity index (χ3n) is 2.74. The summed E-state index contributed by atoms with van der Waals surface area (Å²) in [6, 6.07) is 1.93. The van der Waals surface area contributed by atoms with Gasteiger partial charge in [-0.1, -0.05) is 6.92 Å². The Balaban J connectivity index is 2.13. The highest BCUT2D eigenvalue weighted by molar-refractivity contribution is 7.91. The molecule has 0 N–H and O–H groups in total. The van der Waals surface area contributed by atoms with E-state index in [4.69, 9.17) is 0 Å². The van der Waals surface area contributed by atoms with Gasteiger partial charge in [0.15, 0.2) is 9.84 Å². The summed E-state index contributed by atoms with van der Waals surface area (Å²) in [5, 5.41) is 0. The highest BCUT2D eigenvalue weighted by Crippen LogP contribution is 2.14. The normalized spacial score (nSPS) is 19.7. The number of rotatable bonds is 2. The zero-order chi connectivity index (χ0) is 11.6. The lowest BCUT2D eigenvalue weighted by molar-refractivity contribution is 0.586. The number of nitrogens with zero attached hydrogens (tertiary/aromatic N) is 3. The van der Waals surface area contributed by atoms with Crippen LogP contribution in [-0.2, 0) is 16.3 Å². The Morgan fingerprint density at radius 3 is 2.62 bits per heavy atom. The van der Waals surface area contributed by atoms with Crippen LogP contribution < -0.4 is 4.90 Å². The summed E-state index contributed by atoms with van der Waals surface area (Å²) in [7, 11) is -2.82. The average molecular weight is 241 g/mol. The highest BCUT2D eigenvalue weighted by Gasteiger charge is 2.22. The van der Waals surface area contributed by atoms with E-state index in [9.17, 15) is 8.42 Å². The summed E-state index contributed by atoms with van der Waals surface area (Å²) >= 11 is 0. The molecule has 0 radical (unpaired) electrons. The molecule has 0 spiro atoms. The molecule has 0 saturated carbocycles. The van der Waals surface area contributed by atoms with Gasteiger partial charge in [0, 0.05) is 24.8 Å². The molecule has 2 heterocycles. The molecule has 1 saturated heterocycles. The average Bonchev–Trinajstić information content (AvgIpc) is 2.29. The van der Waals surface area contributed by atoms with Gasteiger partial charge in [-0.15, -0.1) is 0 Å². The molecule has 1 aliphatic heterocycles. The van der Waals surface area contributed by atoms with Gasteiger partial charge in [-0.25, -0.2) is 18.4 Å². The molecule has 0 bridgehead atoms. The number of hydrogen-bond acceptors (Lipinski definition) is 5. The van der Waals surface area contributed by atoms with Crippen molar-refractivity contribution < 1.29 is 8.42 Å². The van der Waals surface area contributed by atoms with Crippen LogP contribution in [0.2, 0.25) is 0 Å². The fraction of sp³-hybridized carbons (Fsp3) is 0.600. The summed E-state index contributed by atoms with van der Waals surface area (Å²) in [5.41, 5.74) is 0.985. The minimum Gasteiger partial charge on any atom is -0.354 e. The number of aryl methyl sites for hydroxylation is 1. The zero-order valence-electron chi connectivity index (χ0n) is 9.26.